The molecule has 0 amide bonds. The first-order valence-electron chi connectivity index (χ1n) is 6.23. The topological polar surface area (TPSA) is 43.1 Å². The van der Waals surface area contributed by atoms with Crippen molar-refractivity contribution in [2.24, 2.45) is 5.73 Å². The lowest BCUT2D eigenvalue weighted by molar-refractivity contribution is -0.137. The Kier molecular flexibility index (Phi) is 4.80. The highest BCUT2D eigenvalue weighted by molar-refractivity contribution is 7.84. The van der Waals surface area contributed by atoms with Crippen molar-refractivity contribution in [3.63, 3.8) is 0 Å². The normalized spacial score (nSPS) is 13.1. The van der Waals surface area contributed by atoms with Gasteiger partial charge in [0, 0.05) is 11.4 Å². The molecule has 2 aromatic carbocycles. The lowest BCUT2D eigenvalue weighted by atomic mass is 10.1. The molecule has 0 bridgehead atoms. The molecule has 2 N–H and O–H groups in total. The summed E-state index contributed by atoms with van der Waals surface area (Å²) in [7, 11) is -1.52. The number of benzene rings is 2. The second kappa shape index (κ2) is 6.41. The molecule has 1 atom stereocenters. The summed E-state index contributed by atoms with van der Waals surface area (Å²) in [6.45, 7) is 0.414. The van der Waals surface area contributed by atoms with Gasteiger partial charge in [-0.15, -0.1) is 0 Å². The van der Waals surface area contributed by atoms with Crippen molar-refractivity contribution in [2.75, 3.05) is 0 Å². The Morgan fingerprint density at radius 2 is 1.62 bits per heavy atom. The van der Waals surface area contributed by atoms with E-state index in [1.54, 1.807) is 12.1 Å². The van der Waals surface area contributed by atoms with Gasteiger partial charge in [-0.25, -0.2) is 0 Å². The largest absolute Gasteiger partial charge is 0.416 e. The molecule has 0 heterocycles. The molecular weight excluding hydrogens is 299 g/mol. The first-order valence-corrected chi connectivity index (χ1v) is 7.55. The predicted molar refractivity (Wildman–Crippen MR) is 75.9 cm³/mol. The van der Waals surface area contributed by atoms with E-state index in [0.717, 1.165) is 23.3 Å². The molecule has 112 valence electrons. The van der Waals surface area contributed by atoms with Gasteiger partial charge < -0.3 is 5.73 Å². The van der Waals surface area contributed by atoms with Gasteiger partial charge in [0.2, 0.25) is 0 Å². The van der Waals surface area contributed by atoms with E-state index < -0.39 is 22.5 Å². The van der Waals surface area contributed by atoms with Crippen LogP contribution in [0.1, 0.15) is 16.7 Å². The summed E-state index contributed by atoms with van der Waals surface area (Å²) in [5.74, 6) is 0.173. The molecular formula is C15H14F3NOS. The number of alkyl halides is 3. The molecule has 0 spiro atoms. The van der Waals surface area contributed by atoms with Gasteiger partial charge in [0.1, 0.15) is 0 Å². The van der Waals surface area contributed by atoms with E-state index in [-0.39, 0.29) is 10.6 Å². The minimum absolute atomic E-state index is 0.173. The summed E-state index contributed by atoms with van der Waals surface area (Å²) in [4.78, 5) is 0.174. The van der Waals surface area contributed by atoms with Gasteiger partial charge in [-0.2, -0.15) is 13.2 Å². The average Bonchev–Trinajstić information content (AvgIpc) is 2.47. The van der Waals surface area contributed by atoms with Crippen LogP contribution in [0.15, 0.2) is 53.4 Å². The average molecular weight is 313 g/mol. The van der Waals surface area contributed by atoms with Gasteiger partial charge >= 0.3 is 6.18 Å². The van der Waals surface area contributed by atoms with E-state index in [1.807, 2.05) is 12.1 Å². The van der Waals surface area contributed by atoms with Crippen LogP contribution in [0.3, 0.4) is 0 Å². The molecule has 0 aromatic heterocycles. The third kappa shape index (κ3) is 4.15. The number of halogens is 3. The van der Waals surface area contributed by atoms with Crippen molar-refractivity contribution in [3.8, 4) is 0 Å². The van der Waals surface area contributed by atoms with Crippen molar-refractivity contribution < 1.29 is 17.4 Å². The van der Waals surface area contributed by atoms with Gasteiger partial charge in [-0.1, -0.05) is 30.3 Å². The van der Waals surface area contributed by atoms with Crippen molar-refractivity contribution in [2.45, 2.75) is 23.4 Å². The summed E-state index contributed by atoms with van der Waals surface area (Å²) in [5.41, 5.74) is 6.44. The second-order valence-electron chi connectivity index (χ2n) is 4.54. The van der Waals surface area contributed by atoms with Crippen molar-refractivity contribution in [3.05, 3.63) is 65.2 Å². The SMILES string of the molecule is NCc1ccc(CS(=O)c2cccc(C(F)(F)F)c2)cc1. The minimum atomic E-state index is -4.43. The maximum atomic E-state index is 12.6. The second-order valence-corrected chi connectivity index (χ2v) is 5.99. The number of rotatable bonds is 4. The van der Waals surface area contributed by atoms with Crippen LogP contribution in [0.5, 0.6) is 0 Å². The fourth-order valence-electron chi connectivity index (χ4n) is 1.82. The lowest BCUT2D eigenvalue weighted by Crippen LogP contribution is -2.06. The molecule has 1 unspecified atom stereocenters. The first-order chi connectivity index (χ1) is 9.90. The zero-order valence-electron chi connectivity index (χ0n) is 11.1. The van der Waals surface area contributed by atoms with E-state index in [2.05, 4.69) is 0 Å². The molecule has 0 aliphatic carbocycles. The molecule has 0 saturated carbocycles. The summed E-state index contributed by atoms with van der Waals surface area (Å²) in [6.07, 6.45) is -4.43. The van der Waals surface area contributed by atoms with Crippen LogP contribution in [-0.4, -0.2) is 4.21 Å². The standard InChI is InChI=1S/C15H14F3NOS/c16-15(17,18)13-2-1-3-14(8-13)21(20)10-12-6-4-11(9-19)5-7-12/h1-8H,9-10,19H2. The highest BCUT2D eigenvalue weighted by Crippen LogP contribution is 2.30. The highest BCUT2D eigenvalue weighted by Gasteiger charge is 2.30. The van der Waals surface area contributed by atoms with E-state index >= 15 is 0 Å². The molecule has 0 aliphatic rings. The third-order valence-corrected chi connectivity index (χ3v) is 4.36. The molecule has 0 aliphatic heterocycles. The van der Waals surface area contributed by atoms with Crippen LogP contribution < -0.4 is 5.73 Å². The number of nitrogens with two attached hydrogens (primary N) is 1. The van der Waals surface area contributed by atoms with Crippen molar-refractivity contribution >= 4 is 10.8 Å². The molecule has 2 nitrogen and oxygen atoms in total. The van der Waals surface area contributed by atoms with Gasteiger partial charge in [0.15, 0.2) is 0 Å². The first kappa shape index (κ1) is 15.7. The smallest absolute Gasteiger partial charge is 0.326 e. The van der Waals surface area contributed by atoms with Gasteiger partial charge in [-0.05, 0) is 29.3 Å². The van der Waals surface area contributed by atoms with Crippen LogP contribution in [0, 0.1) is 0 Å². The fourth-order valence-corrected chi connectivity index (χ4v) is 2.97. The van der Waals surface area contributed by atoms with Crippen molar-refractivity contribution in [1.82, 2.24) is 0 Å². The monoisotopic (exact) mass is 313 g/mol. The Morgan fingerprint density at radius 1 is 1.00 bits per heavy atom. The maximum Gasteiger partial charge on any atom is 0.416 e. The van der Waals surface area contributed by atoms with Gasteiger partial charge in [0.05, 0.1) is 22.1 Å². The van der Waals surface area contributed by atoms with Gasteiger partial charge in [0.25, 0.3) is 0 Å². The Bertz CT molecular complexity index is 638. The molecule has 6 heteroatoms. The van der Waals surface area contributed by atoms with Crippen LogP contribution in [-0.2, 0) is 29.3 Å². The fraction of sp³-hybridized carbons (Fsp3) is 0.200. The van der Waals surface area contributed by atoms with Crippen LogP contribution >= 0.6 is 0 Å². The minimum Gasteiger partial charge on any atom is -0.326 e. The highest BCUT2D eigenvalue weighted by atomic mass is 32.2. The maximum absolute atomic E-state index is 12.6. The van der Waals surface area contributed by atoms with E-state index in [9.17, 15) is 17.4 Å². The molecule has 21 heavy (non-hydrogen) atoms. The summed E-state index contributed by atoms with van der Waals surface area (Å²) >= 11 is 0. The molecule has 0 saturated heterocycles. The summed E-state index contributed by atoms with van der Waals surface area (Å²) in [6, 6.07) is 11.8. The third-order valence-electron chi connectivity index (χ3n) is 2.98. The van der Waals surface area contributed by atoms with Crippen LogP contribution in [0.4, 0.5) is 13.2 Å². The van der Waals surface area contributed by atoms with E-state index in [0.29, 0.717) is 6.54 Å². The van der Waals surface area contributed by atoms with Crippen molar-refractivity contribution in [1.29, 1.82) is 0 Å². The quantitative estimate of drug-likeness (QED) is 0.939. The summed E-state index contributed by atoms with van der Waals surface area (Å²) in [5, 5.41) is 0. The Balaban J connectivity index is 2.16. The molecule has 0 radical (unpaired) electrons. The van der Waals surface area contributed by atoms with Crippen LogP contribution in [0.2, 0.25) is 0 Å². The lowest BCUT2D eigenvalue weighted by Gasteiger charge is -2.09. The zero-order valence-corrected chi connectivity index (χ0v) is 11.9. The molecule has 0 fully saturated rings. The Labute approximate surface area is 123 Å². The predicted octanol–water partition coefficient (Wildman–Crippen LogP) is 3.47. The zero-order chi connectivity index (χ0) is 15.5. The Hall–Kier alpha value is -1.66. The van der Waals surface area contributed by atoms with Crippen LogP contribution in [0.25, 0.3) is 0 Å². The van der Waals surface area contributed by atoms with E-state index in [1.165, 1.54) is 12.1 Å². The van der Waals surface area contributed by atoms with E-state index in [4.69, 9.17) is 5.73 Å². The number of hydrogen-bond donors (Lipinski definition) is 1. The number of hydrogen-bond acceptors (Lipinski definition) is 2. The molecule has 2 aromatic rings. The summed E-state index contributed by atoms with van der Waals surface area (Å²) < 4.78 is 50.1. The molecule has 2 rings (SSSR count). The van der Waals surface area contributed by atoms with Gasteiger partial charge in [-0.3, -0.25) is 4.21 Å². The Morgan fingerprint density at radius 3 is 2.19 bits per heavy atom.